The Balaban J connectivity index is 0.00000300. The van der Waals surface area contributed by atoms with Crippen LogP contribution >= 0.6 is 35.3 Å². The molecule has 0 spiro atoms. The third-order valence-electron chi connectivity index (χ3n) is 4.40. The van der Waals surface area contributed by atoms with Crippen LogP contribution in [-0.2, 0) is 13.1 Å². The van der Waals surface area contributed by atoms with Gasteiger partial charge in [0.1, 0.15) is 0 Å². The van der Waals surface area contributed by atoms with E-state index in [0.29, 0.717) is 19.0 Å². The van der Waals surface area contributed by atoms with Crippen LogP contribution in [0.25, 0.3) is 5.69 Å². The summed E-state index contributed by atoms with van der Waals surface area (Å²) in [6.07, 6.45) is 0. The molecule has 0 aliphatic rings. The zero-order chi connectivity index (χ0) is 20.1. The molecule has 6 nitrogen and oxygen atoms in total. The third kappa shape index (κ3) is 6.02. The summed E-state index contributed by atoms with van der Waals surface area (Å²) in [5, 5.41) is 14.6. The lowest BCUT2D eigenvalue weighted by Gasteiger charge is -2.14. The molecule has 0 amide bonds. The van der Waals surface area contributed by atoms with Crippen molar-refractivity contribution in [1.29, 1.82) is 0 Å². The Morgan fingerprint density at radius 3 is 2.52 bits per heavy atom. The molecule has 0 aliphatic carbocycles. The minimum atomic E-state index is 0. The van der Waals surface area contributed by atoms with Gasteiger partial charge in [-0.25, -0.2) is 9.67 Å². The molecule has 2 heterocycles. The minimum Gasteiger partial charge on any atom is -0.352 e. The van der Waals surface area contributed by atoms with Crippen LogP contribution in [-0.4, -0.2) is 27.8 Å². The summed E-state index contributed by atoms with van der Waals surface area (Å²) in [5.41, 5.74) is 5.42. The Bertz CT molecular complexity index is 960. The fraction of sp³-hybridized carbons (Fsp3) is 0.381. The largest absolute Gasteiger partial charge is 0.352 e. The molecule has 0 atom stereocenters. The van der Waals surface area contributed by atoms with E-state index < -0.39 is 0 Å². The second-order valence-electron chi connectivity index (χ2n) is 7.08. The number of guanidine groups is 1. The van der Waals surface area contributed by atoms with E-state index >= 15 is 0 Å². The van der Waals surface area contributed by atoms with Crippen LogP contribution < -0.4 is 10.6 Å². The molecule has 2 N–H and O–H groups in total. The van der Waals surface area contributed by atoms with Gasteiger partial charge in [-0.3, -0.25) is 4.99 Å². The fourth-order valence-corrected chi connectivity index (χ4v) is 3.82. The molecule has 3 aromatic rings. The van der Waals surface area contributed by atoms with Crippen molar-refractivity contribution in [3.8, 4) is 5.69 Å². The molecular weight excluding hydrogens is 495 g/mol. The molecular formula is C21H29IN6S. The number of halogens is 1. The molecule has 1 aromatic carbocycles. The second kappa shape index (κ2) is 10.7. The summed E-state index contributed by atoms with van der Waals surface area (Å²) in [6.45, 7) is 9.72. The van der Waals surface area contributed by atoms with Crippen molar-refractivity contribution >= 4 is 41.3 Å². The molecule has 0 fully saturated rings. The predicted octanol–water partition coefficient (Wildman–Crippen LogP) is 4.55. The summed E-state index contributed by atoms with van der Waals surface area (Å²) in [6, 6.07) is 10.4. The normalized spacial score (nSPS) is 11.4. The van der Waals surface area contributed by atoms with Crippen molar-refractivity contribution < 1.29 is 0 Å². The number of benzene rings is 1. The number of aliphatic imine (C=N–C) groups is 1. The van der Waals surface area contributed by atoms with E-state index in [1.54, 1.807) is 18.4 Å². The first-order chi connectivity index (χ1) is 13.5. The third-order valence-corrected chi connectivity index (χ3v) is 5.59. The SMILES string of the molecule is CN=C(NCc1csc(C(C)C)n1)NCc1ccccc1-n1nc(C)cc1C.I. The van der Waals surface area contributed by atoms with Crippen molar-refractivity contribution in [1.82, 2.24) is 25.4 Å². The number of rotatable bonds is 6. The average Bonchev–Trinajstić information content (AvgIpc) is 3.28. The van der Waals surface area contributed by atoms with Crippen molar-refractivity contribution in [3.05, 3.63) is 63.4 Å². The second-order valence-corrected chi connectivity index (χ2v) is 7.97. The van der Waals surface area contributed by atoms with Crippen LogP contribution in [0.1, 0.15) is 47.4 Å². The number of aromatic nitrogens is 3. The molecule has 0 saturated heterocycles. The Morgan fingerprint density at radius 1 is 1.17 bits per heavy atom. The highest BCUT2D eigenvalue weighted by molar-refractivity contribution is 14.0. The van der Waals surface area contributed by atoms with Crippen LogP contribution in [0.4, 0.5) is 0 Å². The summed E-state index contributed by atoms with van der Waals surface area (Å²) < 4.78 is 1.99. The van der Waals surface area contributed by atoms with Gasteiger partial charge in [-0.05, 0) is 31.5 Å². The first-order valence-electron chi connectivity index (χ1n) is 9.48. The van der Waals surface area contributed by atoms with Crippen LogP contribution in [0.5, 0.6) is 0 Å². The summed E-state index contributed by atoms with van der Waals surface area (Å²) in [4.78, 5) is 8.99. The summed E-state index contributed by atoms with van der Waals surface area (Å²) >= 11 is 1.71. The van der Waals surface area contributed by atoms with Gasteiger partial charge >= 0.3 is 0 Å². The van der Waals surface area contributed by atoms with E-state index in [4.69, 9.17) is 0 Å². The van der Waals surface area contributed by atoms with Gasteiger partial charge in [-0.2, -0.15) is 5.10 Å². The molecule has 0 bridgehead atoms. The number of nitrogens with one attached hydrogen (secondary N) is 2. The Morgan fingerprint density at radius 2 is 1.90 bits per heavy atom. The van der Waals surface area contributed by atoms with Crippen LogP contribution in [0.15, 0.2) is 40.7 Å². The maximum Gasteiger partial charge on any atom is 0.191 e. The van der Waals surface area contributed by atoms with Gasteiger partial charge in [0.2, 0.25) is 0 Å². The van der Waals surface area contributed by atoms with E-state index in [9.17, 15) is 0 Å². The van der Waals surface area contributed by atoms with Gasteiger partial charge in [-0.1, -0.05) is 32.0 Å². The summed E-state index contributed by atoms with van der Waals surface area (Å²) in [7, 11) is 1.78. The number of thiazole rings is 1. The molecule has 8 heteroatoms. The van der Waals surface area contributed by atoms with Crippen LogP contribution in [0, 0.1) is 13.8 Å². The van der Waals surface area contributed by atoms with Gasteiger partial charge in [-0.15, -0.1) is 35.3 Å². The lowest BCUT2D eigenvalue weighted by Crippen LogP contribution is -2.36. The van der Waals surface area contributed by atoms with E-state index in [0.717, 1.165) is 34.3 Å². The maximum absolute atomic E-state index is 4.66. The number of nitrogens with zero attached hydrogens (tertiary/aromatic N) is 4. The van der Waals surface area contributed by atoms with Gasteiger partial charge in [0.05, 0.1) is 28.6 Å². The smallest absolute Gasteiger partial charge is 0.191 e. The molecule has 2 aromatic heterocycles. The predicted molar refractivity (Wildman–Crippen MR) is 132 cm³/mol. The van der Waals surface area contributed by atoms with Crippen LogP contribution in [0.3, 0.4) is 0 Å². The van der Waals surface area contributed by atoms with E-state index in [1.807, 2.05) is 23.7 Å². The number of hydrogen-bond acceptors (Lipinski definition) is 4. The average molecular weight is 524 g/mol. The monoisotopic (exact) mass is 524 g/mol. The van der Waals surface area contributed by atoms with E-state index in [1.165, 1.54) is 5.01 Å². The highest BCUT2D eigenvalue weighted by Gasteiger charge is 2.10. The number of para-hydroxylation sites is 1. The van der Waals surface area contributed by atoms with Gasteiger partial charge in [0.25, 0.3) is 0 Å². The van der Waals surface area contributed by atoms with Gasteiger partial charge < -0.3 is 10.6 Å². The lowest BCUT2D eigenvalue weighted by molar-refractivity contribution is 0.770. The topological polar surface area (TPSA) is 67.1 Å². The zero-order valence-electron chi connectivity index (χ0n) is 17.6. The van der Waals surface area contributed by atoms with Crippen molar-refractivity contribution in [2.45, 2.75) is 46.7 Å². The fourth-order valence-electron chi connectivity index (χ4n) is 2.98. The van der Waals surface area contributed by atoms with Crippen molar-refractivity contribution in [2.24, 2.45) is 4.99 Å². The standard InChI is InChI=1S/C21H28N6S.HI/c1-14(2)20-25-18(13-28-20)12-24-21(22-5)23-11-17-8-6-7-9-19(17)27-16(4)10-15(3)26-27;/h6-10,13-14H,11-12H2,1-5H3,(H2,22,23,24);1H. The Hall–Kier alpha value is -1.94. The van der Waals surface area contributed by atoms with Gasteiger partial charge in [0.15, 0.2) is 5.96 Å². The van der Waals surface area contributed by atoms with Crippen LogP contribution in [0.2, 0.25) is 0 Å². The van der Waals surface area contributed by atoms with Crippen molar-refractivity contribution in [2.75, 3.05) is 7.05 Å². The minimum absolute atomic E-state index is 0. The molecule has 3 rings (SSSR count). The first kappa shape index (κ1) is 23.3. The Kier molecular flexibility index (Phi) is 8.63. The Labute approximate surface area is 193 Å². The zero-order valence-corrected chi connectivity index (χ0v) is 20.7. The van der Waals surface area contributed by atoms with Crippen molar-refractivity contribution in [3.63, 3.8) is 0 Å². The van der Waals surface area contributed by atoms with E-state index in [2.05, 4.69) is 70.1 Å². The number of aryl methyl sites for hydroxylation is 2. The maximum atomic E-state index is 4.66. The molecule has 0 aliphatic heterocycles. The number of hydrogen-bond donors (Lipinski definition) is 2. The van der Waals surface area contributed by atoms with E-state index in [-0.39, 0.29) is 24.0 Å². The molecule has 156 valence electrons. The highest BCUT2D eigenvalue weighted by Crippen LogP contribution is 2.19. The van der Waals surface area contributed by atoms with Gasteiger partial charge in [0, 0.05) is 30.6 Å². The quantitative estimate of drug-likeness (QED) is 0.282. The molecule has 0 radical (unpaired) electrons. The highest BCUT2D eigenvalue weighted by atomic mass is 127. The summed E-state index contributed by atoms with van der Waals surface area (Å²) in [5.74, 6) is 1.21. The molecule has 0 unspecified atom stereocenters. The molecule has 0 saturated carbocycles. The first-order valence-corrected chi connectivity index (χ1v) is 10.4. The lowest BCUT2D eigenvalue weighted by atomic mass is 10.1. The molecule has 29 heavy (non-hydrogen) atoms.